The molecule has 1 saturated heterocycles. The van der Waals surface area contributed by atoms with Crippen molar-refractivity contribution in [1.82, 2.24) is 0 Å². The molecular formula is C15H22O2. The fourth-order valence-electron chi connectivity index (χ4n) is 2.54. The predicted molar refractivity (Wildman–Crippen MR) is 69.0 cm³/mol. The first kappa shape index (κ1) is 12.6. The van der Waals surface area contributed by atoms with Crippen LogP contribution in [0.4, 0.5) is 0 Å². The Morgan fingerprint density at radius 3 is 2.71 bits per heavy atom. The van der Waals surface area contributed by atoms with Gasteiger partial charge in [-0.2, -0.15) is 0 Å². The zero-order chi connectivity index (χ0) is 12.1. The molecule has 1 N–H and O–H groups in total. The first-order valence-electron chi connectivity index (χ1n) is 6.56. The van der Waals surface area contributed by atoms with Crippen molar-refractivity contribution in [3.05, 3.63) is 35.4 Å². The quantitative estimate of drug-likeness (QED) is 0.868. The van der Waals surface area contributed by atoms with Gasteiger partial charge in [0.2, 0.25) is 0 Å². The summed E-state index contributed by atoms with van der Waals surface area (Å²) in [4.78, 5) is 0. The number of rotatable bonds is 4. The zero-order valence-corrected chi connectivity index (χ0v) is 10.6. The average molecular weight is 234 g/mol. The Bertz CT molecular complexity index is 343. The molecule has 1 aliphatic rings. The summed E-state index contributed by atoms with van der Waals surface area (Å²) in [7, 11) is 0. The normalized spacial score (nSPS) is 19.2. The van der Waals surface area contributed by atoms with E-state index in [0.717, 1.165) is 38.9 Å². The van der Waals surface area contributed by atoms with Gasteiger partial charge in [0.25, 0.3) is 0 Å². The molecule has 2 rings (SSSR count). The van der Waals surface area contributed by atoms with E-state index in [-0.39, 0.29) is 6.10 Å². The van der Waals surface area contributed by atoms with Crippen LogP contribution in [0.1, 0.15) is 30.4 Å². The second kappa shape index (κ2) is 6.18. The molecule has 0 bridgehead atoms. The predicted octanol–water partition coefficient (Wildman–Crippen LogP) is 2.72. The Balaban J connectivity index is 1.84. The van der Waals surface area contributed by atoms with Crippen LogP contribution in [0.3, 0.4) is 0 Å². The molecule has 0 amide bonds. The Morgan fingerprint density at radius 2 is 2.00 bits per heavy atom. The molecule has 0 radical (unpaired) electrons. The van der Waals surface area contributed by atoms with Crippen molar-refractivity contribution in [3.63, 3.8) is 0 Å². The lowest BCUT2D eigenvalue weighted by atomic mass is 9.90. The third-order valence-electron chi connectivity index (χ3n) is 3.66. The Hall–Kier alpha value is -0.860. The average Bonchev–Trinajstić information content (AvgIpc) is 2.33. The highest BCUT2D eigenvalue weighted by Crippen LogP contribution is 2.22. The van der Waals surface area contributed by atoms with E-state index in [1.54, 1.807) is 0 Å². The molecule has 1 heterocycles. The lowest BCUT2D eigenvalue weighted by Crippen LogP contribution is -2.22. The highest BCUT2D eigenvalue weighted by molar-refractivity contribution is 5.26. The number of benzene rings is 1. The maximum atomic E-state index is 10.1. The topological polar surface area (TPSA) is 29.5 Å². The van der Waals surface area contributed by atoms with E-state index in [9.17, 15) is 5.11 Å². The van der Waals surface area contributed by atoms with Gasteiger partial charge in [-0.1, -0.05) is 24.3 Å². The lowest BCUT2D eigenvalue weighted by molar-refractivity contribution is 0.0438. The molecule has 0 spiro atoms. The van der Waals surface area contributed by atoms with E-state index < -0.39 is 0 Å². The number of aryl methyl sites for hydroxylation is 1. The van der Waals surface area contributed by atoms with Crippen molar-refractivity contribution in [1.29, 1.82) is 0 Å². The second-order valence-corrected chi connectivity index (χ2v) is 5.08. The number of hydrogen-bond acceptors (Lipinski definition) is 2. The van der Waals surface area contributed by atoms with E-state index in [4.69, 9.17) is 4.74 Å². The minimum atomic E-state index is -0.209. The van der Waals surface area contributed by atoms with Crippen molar-refractivity contribution in [2.24, 2.45) is 5.92 Å². The number of ether oxygens (including phenoxy) is 1. The van der Waals surface area contributed by atoms with Crippen LogP contribution in [0.25, 0.3) is 0 Å². The molecule has 17 heavy (non-hydrogen) atoms. The largest absolute Gasteiger partial charge is 0.393 e. The fourth-order valence-corrected chi connectivity index (χ4v) is 2.54. The van der Waals surface area contributed by atoms with Crippen LogP contribution in [0, 0.1) is 12.8 Å². The summed E-state index contributed by atoms with van der Waals surface area (Å²) in [6, 6.07) is 8.31. The SMILES string of the molecule is Cc1ccccc1CC(O)CC1CCOCC1. The minimum absolute atomic E-state index is 0.209. The van der Waals surface area contributed by atoms with Gasteiger partial charge in [0, 0.05) is 13.2 Å². The molecule has 1 fully saturated rings. The van der Waals surface area contributed by atoms with E-state index in [1.165, 1.54) is 11.1 Å². The maximum Gasteiger partial charge on any atom is 0.0583 e. The van der Waals surface area contributed by atoms with Gasteiger partial charge < -0.3 is 9.84 Å². The van der Waals surface area contributed by atoms with Gasteiger partial charge in [-0.25, -0.2) is 0 Å². The summed E-state index contributed by atoms with van der Waals surface area (Å²) >= 11 is 0. The molecule has 2 nitrogen and oxygen atoms in total. The number of aliphatic hydroxyl groups excluding tert-OH is 1. The molecule has 1 unspecified atom stereocenters. The molecule has 0 saturated carbocycles. The van der Waals surface area contributed by atoms with E-state index in [0.29, 0.717) is 5.92 Å². The van der Waals surface area contributed by atoms with Crippen molar-refractivity contribution in [2.75, 3.05) is 13.2 Å². The highest BCUT2D eigenvalue weighted by atomic mass is 16.5. The number of hydrogen-bond donors (Lipinski definition) is 1. The monoisotopic (exact) mass is 234 g/mol. The van der Waals surface area contributed by atoms with Crippen LogP contribution in [0.15, 0.2) is 24.3 Å². The molecule has 94 valence electrons. The number of aliphatic hydroxyl groups is 1. The third-order valence-corrected chi connectivity index (χ3v) is 3.66. The summed E-state index contributed by atoms with van der Waals surface area (Å²) in [5.74, 6) is 0.641. The van der Waals surface area contributed by atoms with Crippen molar-refractivity contribution < 1.29 is 9.84 Å². The van der Waals surface area contributed by atoms with Crippen LogP contribution in [0.5, 0.6) is 0 Å². The third kappa shape index (κ3) is 3.83. The van der Waals surface area contributed by atoms with Gasteiger partial charge >= 0.3 is 0 Å². The van der Waals surface area contributed by atoms with Gasteiger partial charge in [0.05, 0.1) is 6.10 Å². The Labute approximate surface area is 104 Å². The highest BCUT2D eigenvalue weighted by Gasteiger charge is 2.18. The zero-order valence-electron chi connectivity index (χ0n) is 10.6. The lowest BCUT2D eigenvalue weighted by Gasteiger charge is -2.24. The molecule has 0 aromatic heterocycles. The van der Waals surface area contributed by atoms with Crippen LogP contribution < -0.4 is 0 Å². The van der Waals surface area contributed by atoms with Crippen molar-refractivity contribution >= 4 is 0 Å². The molecular weight excluding hydrogens is 212 g/mol. The van der Waals surface area contributed by atoms with E-state index in [1.807, 2.05) is 12.1 Å². The summed E-state index contributed by atoms with van der Waals surface area (Å²) in [6.07, 6.45) is 3.69. The molecule has 1 aromatic carbocycles. The van der Waals surface area contributed by atoms with Crippen LogP contribution in [0.2, 0.25) is 0 Å². The van der Waals surface area contributed by atoms with Crippen LogP contribution in [-0.4, -0.2) is 24.4 Å². The molecule has 2 heteroatoms. The molecule has 0 aliphatic carbocycles. The van der Waals surface area contributed by atoms with Crippen LogP contribution in [-0.2, 0) is 11.2 Å². The van der Waals surface area contributed by atoms with Gasteiger partial charge in [-0.15, -0.1) is 0 Å². The van der Waals surface area contributed by atoms with Gasteiger partial charge in [0.1, 0.15) is 0 Å². The summed E-state index contributed by atoms with van der Waals surface area (Å²) < 4.78 is 5.34. The molecule has 1 aliphatic heterocycles. The van der Waals surface area contributed by atoms with Crippen molar-refractivity contribution in [3.8, 4) is 0 Å². The second-order valence-electron chi connectivity index (χ2n) is 5.08. The Morgan fingerprint density at radius 1 is 1.29 bits per heavy atom. The Kier molecular flexibility index (Phi) is 4.57. The fraction of sp³-hybridized carbons (Fsp3) is 0.600. The van der Waals surface area contributed by atoms with Crippen molar-refractivity contribution in [2.45, 2.75) is 38.7 Å². The molecule has 1 atom stereocenters. The first-order chi connectivity index (χ1) is 8.25. The van der Waals surface area contributed by atoms with Crippen LogP contribution >= 0.6 is 0 Å². The smallest absolute Gasteiger partial charge is 0.0583 e. The van der Waals surface area contributed by atoms with Gasteiger partial charge in [0.15, 0.2) is 0 Å². The standard InChI is InChI=1S/C15H22O2/c1-12-4-2-3-5-14(12)11-15(16)10-13-6-8-17-9-7-13/h2-5,13,15-16H,6-11H2,1H3. The molecule has 1 aromatic rings. The first-order valence-corrected chi connectivity index (χ1v) is 6.56. The van der Waals surface area contributed by atoms with E-state index in [2.05, 4.69) is 19.1 Å². The van der Waals surface area contributed by atoms with Gasteiger partial charge in [-0.3, -0.25) is 0 Å². The minimum Gasteiger partial charge on any atom is -0.393 e. The van der Waals surface area contributed by atoms with Gasteiger partial charge in [-0.05, 0) is 49.7 Å². The maximum absolute atomic E-state index is 10.1. The summed E-state index contributed by atoms with van der Waals surface area (Å²) in [5.41, 5.74) is 2.55. The van der Waals surface area contributed by atoms with E-state index >= 15 is 0 Å². The summed E-state index contributed by atoms with van der Waals surface area (Å²) in [5, 5.41) is 10.1. The summed E-state index contributed by atoms with van der Waals surface area (Å²) in [6.45, 7) is 3.83.